The second-order valence-electron chi connectivity index (χ2n) is 6.81. The number of para-hydroxylation sites is 1. The van der Waals surface area contributed by atoms with Gasteiger partial charge in [0.2, 0.25) is 0 Å². The lowest BCUT2D eigenvalue weighted by molar-refractivity contribution is 0.0989. The van der Waals surface area contributed by atoms with E-state index in [1.807, 2.05) is 24.3 Å². The van der Waals surface area contributed by atoms with E-state index in [-0.39, 0.29) is 17.2 Å². The molecule has 4 rings (SSSR count). The van der Waals surface area contributed by atoms with E-state index in [1.54, 1.807) is 17.0 Å². The summed E-state index contributed by atoms with van der Waals surface area (Å²) in [7, 11) is -2.74. The summed E-state index contributed by atoms with van der Waals surface area (Å²) in [5.74, 6) is -0.752. The third-order valence-corrected chi connectivity index (χ3v) is 6.34. The summed E-state index contributed by atoms with van der Waals surface area (Å²) in [5.41, 5.74) is 2.18. The number of methoxy groups -OCH3 is 1. The maximum Gasteiger partial charge on any atom is 0.264 e. The molecule has 0 bridgehead atoms. The normalized spacial score (nSPS) is 13.1. The van der Waals surface area contributed by atoms with Crippen LogP contribution in [-0.4, -0.2) is 28.0 Å². The van der Waals surface area contributed by atoms with Crippen LogP contribution in [0.25, 0.3) is 0 Å². The number of ether oxygens (including phenoxy) is 1. The number of benzene rings is 3. The van der Waals surface area contributed by atoms with Gasteiger partial charge in [-0.15, -0.1) is 0 Å². The van der Waals surface area contributed by atoms with Crippen molar-refractivity contribution in [3.8, 4) is 5.75 Å². The standard InChI is InChI=1S/C22H19FN2O4S/c1-29-18-9-7-17(8-10-18)24-30(27,28)21-14-16(6-11-19(21)23)22(26)25-13-12-15-4-2-3-5-20(15)25/h2-11,14,24H,12-13H2,1H3. The van der Waals surface area contributed by atoms with E-state index in [2.05, 4.69) is 4.72 Å². The highest BCUT2D eigenvalue weighted by atomic mass is 32.2. The molecule has 1 heterocycles. The van der Waals surface area contributed by atoms with Crippen LogP contribution in [0, 0.1) is 5.82 Å². The fourth-order valence-electron chi connectivity index (χ4n) is 3.42. The maximum absolute atomic E-state index is 14.4. The molecule has 0 aliphatic carbocycles. The van der Waals surface area contributed by atoms with Gasteiger partial charge in [-0.25, -0.2) is 12.8 Å². The average Bonchev–Trinajstić information content (AvgIpc) is 3.18. The van der Waals surface area contributed by atoms with Crippen molar-refractivity contribution in [3.05, 3.63) is 83.7 Å². The van der Waals surface area contributed by atoms with E-state index in [1.165, 1.54) is 25.3 Å². The van der Waals surface area contributed by atoms with Crippen LogP contribution >= 0.6 is 0 Å². The minimum Gasteiger partial charge on any atom is -0.497 e. The molecule has 0 unspecified atom stereocenters. The molecule has 0 radical (unpaired) electrons. The second kappa shape index (κ2) is 7.79. The van der Waals surface area contributed by atoms with Crippen LogP contribution in [0.3, 0.4) is 0 Å². The van der Waals surface area contributed by atoms with Crippen LogP contribution in [0.15, 0.2) is 71.6 Å². The molecule has 1 aliphatic heterocycles. The minimum absolute atomic E-state index is 0.100. The number of halogens is 1. The predicted molar refractivity (Wildman–Crippen MR) is 112 cm³/mol. The lowest BCUT2D eigenvalue weighted by Gasteiger charge is -2.18. The van der Waals surface area contributed by atoms with Gasteiger partial charge < -0.3 is 9.64 Å². The number of carbonyl (C=O) groups is 1. The van der Waals surface area contributed by atoms with Crippen LogP contribution in [0.2, 0.25) is 0 Å². The van der Waals surface area contributed by atoms with Crippen LogP contribution in [-0.2, 0) is 16.4 Å². The van der Waals surface area contributed by atoms with E-state index in [4.69, 9.17) is 4.74 Å². The summed E-state index contributed by atoms with van der Waals surface area (Å²) >= 11 is 0. The fourth-order valence-corrected chi connectivity index (χ4v) is 4.58. The molecule has 0 aromatic heterocycles. The van der Waals surface area contributed by atoms with Gasteiger partial charge in [0, 0.05) is 23.5 Å². The van der Waals surface area contributed by atoms with Gasteiger partial charge in [-0.3, -0.25) is 9.52 Å². The highest BCUT2D eigenvalue weighted by molar-refractivity contribution is 7.92. The van der Waals surface area contributed by atoms with E-state index >= 15 is 0 Å². The quantitative estimate of drug-likeness (QED) is 0.673. The van der Waals surface area contributed by atoms with Gasteiger partial charge in [-0.05, 0) is 60.5 Å². The first-order valence-corrected chi connectivity index (χ1v) is 10.7. The zero-order valence-corrected chi connectivity index (χ0v) is 16.9. The molecule has 154 valence electrons. The molecular formula is C22H19FN2O4S. The Labute approximate surface area is 174 Å². The van der Waals surface area contributed by atoms with E-state index in [0.717, 1.165) is 23.4 Å². The number of nitrogens with zero attached hydrogens (tertiary/aromatic N) is 1. The molecule has 0 atom stereocenters. The zero-order chi connectivity index (χ0) is 21.3. The Hall–Kier alpha value is -3.39. The molecule has 3 aromatic carbocycles. The van der Waals surface area contributed by atoms with Gasteiger partial charge in [0.1, 0.15) is 16.5 Å². The van der Waals surface area contributed by atoms with E-state index < -0.39 is 20.7 Å². The molecular weight excluding hydrogens is 407 g/mol. The number of sulfonamides is 1. The number of anilines is 2. The number of rotatable bonds is 5. The molecule has 0 spiro atoms. The van der Waals surface area contributed by atoms with E-state index in [0.29, 0.717) is 18.7 Å². The Kier molecular flexibility index (Phi) is 5.17. The monoisotopic (exact) mass is 426 g/mol. The van der Waals surface area contributed by atoms with Gasteiger partial charge in [0.25, 0.3) is 15.9 Å². The topological polar surface area (TPSA) is 75.7 Å². The highest BCUT2D eigenvalue weighted by Gasteiger charge is 2.27. The molecule has 0 saturated carbocycles. The summed E-state index contributed by atoms with van der Waals surface area (Å²) in [4.78, 5) is 14.0. The van der Waals surface area contributed by atoms with Crippen LogP contribution in [0.1, 0.15) is 15.9 Å². The number of nitrogens with one attached hydrogen (secondary N) is 1. The van der Waals surface area contributed by atoms with Gasteiger partial charge in [0.15, 0.2) is 0 Å². The summed E-state index contributed by atoms with van der Waals surface area (Å²) in [6.45, 7) is 0.488. The number of fused-ring (bicyclic) bond motifs is 1. The van der Waals surface area contributed by atoms with Crippen LogP contribution < -0.4 is 14.4 Å². The van der Waals surface area contributed by atoms with Crippen LogP contribution in [0.5, 0.6) is 5.75 Å². The molecule has 1 amide bonds. The molecule has 30 heavy (non-hydrogen) atoms. The van der Waals surface area contributed by atoms with Crippen molar-refractivity contribution in [2.45, 2.75) is 11.3 Å². The molecule has 6 nitrogen and oxygen atoms in total. The van der Waals surface area contributed by atoms with Crippen molar-refractivity contribution < 1.29 is 22.3 Å². The van der Waals surface area contributed by atoms with Crippen molar-refractivity contribution in [1.29, 1.82) is 0 Å². The maximum atomic E-state index is 14.4. The number of carbonyl (C=O) groups excluding carboxylic acids is 1. The Balaban J connectivity index is 1.63. The molecule has 0 fully saturated rings. The van der Waals surface area contributed by atoms with Crippen molar-refractivity contribution in [2.24, 2.45) is 0 Å². The lowest BCUT2D eigenvalue weighted by Crippen LogP contribution is -2.29. The first-order valence-electron chi connectivity index (χ1n) is 9.25. The first kappa shape index (κ1) is 19.9. The van der Waals surface area contributed by atoms with Crippen molar-refractivity contribution in [2.75, 3.05) is 23.3 Å². The SMILES string of the molecule is COc1ccc(NS(=O)(=O)c2cc(C(=O)N3CCc4ccccc43)ccc2F)cc1. The smallest absolute Gasteiger partial charge is 0.264 e. The third kappa shape index (κ3) is 3.73. The Morgan fingerprint density at radius 3 is 2.53 bits per heavy atom. The first-order chi connectivity index (χ1) is 14.4. The Bertz CT molecular complexity index is 1210. The summed E-state index contributed by atoms with van der Waals surface area (Å²) < 4.78 is 47.3. The van der Waals surface area contributed by atoms with Crippen molar-refractivity contribution >= 4 is 27.3 Å². The Morgan fingerprint density at radius 1 is 1.07 bits per heavy atom. The molecule has 1 N–H and O–H groups in total. The summed E-state index contributed by atoms with van der Waals surface area (Å²) in [6.07, 6.45) is 0.716. The largest absolute Gasteiger partial charge is 0.497 e. The predicted octanol–water partition coefficient (Wildman–Crippen LogP) is 3.84. The number of hydrogen-bond donors (Lipinski definition) is 1. The average molecular weight is 426 g/mol. The van der Waals surface area contributed by atoms with E-state index in [9.17, 15) is 17.6 Å². The van der Waals surface area contributed by atoms with Gasteiger partial charge in [-0.1, -0.05) is 18.2 Å². The lowest BCUT2D eigenvalue weighted by atomic mass is 10.1. The molecule has 1 aliphatic rings. The number of amides is 1. The molecule has 8 heteroatoms. The number of hydrogen-bond acceptors (Lipinski definition) is 4. The van der Waals surface area contributed by atoms with Crippen molar-refractivity contribution in [1.82, 2.24) is 0 Å². The second-order valence-corrected chi connectivity index (χ2v) is 8.47. The summed E-state index contributed by atoms with van der Waals surface area (Å²) in [5, 5.41) is 0. The minimum atomic E-state index is -4.24. The van der Waals surface area contributed by atoms with Gasteiger partial charge in [-0.2, -0.15) is 0 Å². The molecule has 3 aromatic rings. The fraction of sp³-hybridized carbons (Fsp3) is 0.136. The van der Waals surface area contributed by atoms with Crippen molar-refractivity contribution in [3.63, 3.8) is 0 Å². The van der Waals surface area contributed by atoms with Gasteiger partial charge >= 0.3 is 0 Å². The molecule has 0 saturated heterocycles. The van der Waals surface area contributed by atoms with Crippen LogP contribution in [0.4, 0.5) is 15.8 Å². The Morgan fingerprint density at radius 2 is 1.80 bits per heavy atom. The zero-order valence-electron chi connectivity index (χ0n) is 16.1. The summed E-state index contributed by atoms with van der Waals surface area (Å²) in [6, 6.07) is 17.1. The third-order valence-electron chi connectivity index (χ3n) is 4.94. The highest BCUT2D eigenvalue weighted by Crippen LogP contribution is 2.30. The van der Waals surface area contributed by atoms with Gasteiger partial charge in [0.05, 0.1) is 7.11 Å².